The van der Waals surface area contributed by atoms with Crippen LogP contribution in [-0.4, -0.2) is 46.2 Å². The zero-order valence-corrected chi connectivity index (χ0v) is 17.7. The van der Waals surface area contributed by atoms with Gasteiger partial charge in [-0.05, 0) is 51.4 Å². The van der Waals surface area contributed by atoms with Crippen molar-refractivity contribution >= 4 is 20.1 Å². The molecular formula is C22H38NOSi. The van der Waals surface area contributed by atoms with E-state index in [-0.39, 0.29) is 0 Å². The fourth-order valence-corrected chi connectivity index (χ4v) is 5.65. The number of hydrogen-bond acceptors (Lipinski definition) is 2. The summed E-state index contributed by atoms with van der Waals surface area (Å²) < 4.78 is 5.83. The fraction of sp³-hybridized carbons (Fsp3) is 0.636. The highest BCUT2D eigenvalue weighted by atomic mass is 28.3. The van der Waals surface area contributed by atoms with E-state index in [0.29, 0.717) is 0 Å². The van der Waals surface area contributed by atoms with Gasteiger partial charge in [-0.2, -0.15) is 0 Å². The van der Waals surface area contributed by atoms with Crippen LogP contribution in [0.2, 0.25) is 6.04 Å². The molecule has 0 fully saturated rings. The summed E-state index contributed by atoms with van der Waals surface area (Å²) in [5.74, 6) is 0. The Morgan fingerprint density at radius 2 is 1.64 bits per heavy atom. The lowest BCUT2D eigenvalue weighted by molar-refractivity contribution is 0.191. The monoisotopic (exact) mass is 360 g/mol. The summed E-state index contributed by atoms with van der Waals surface area (Å²) in [6, 6.07) is 10.0. The third-order valence-corrected chi connectivity index (χ3v) is 7.38. The van der Waals surface area contributed by atoms with Crippen molar-refractivity contribution < 1.29 is 4.74 Å². The third kappa shape index (κ3) is 8.84. The SMILES string of the molecule is C=Cc1ccccc1[Si](CCCN(CCCC)CCCC)COCC. The van der Waals surface area contributed by atoms with Crippen LogP contribution in [0.15, 0.2) is 30.8 Å². The zero-order chi connectivity index (χ0) is 18.3. The summed E-state index contributed by atoms with van der Waals surface area (Å²) in [5.41, 5.74) is 1.30. The molecule has 141 valence electrons. The van der Waals surface area contributed by atoms with Gasteiger partial charge in [-0.25, -0.2) is 0 Å². The fourth-order valence-electron chi connectivity index (χ4n) is 3.12. The Bertz CT molecular complexity index is 455. The van der Waals surface area contributed by atoms with Crippen LogP contribution in [0.5, 0.6) is 0 Å². The molecule has 0 aliphatic carbocycles. The Morgan fingerprint density at radius 1 is 1.00 bits per heavy atom. The van der Waals surface area contributed by atoms with Crippen molar-refractivity contribution in [1.29, 1.82) is 0 Å². The van der Waals surface area contributed by atoms with Crippen molar-refractivity contribution in [3.63, 3.8) is 0 Å². The molecule has 0 spiro atoms. The quantitative estimate of drug-likeness (QED) is 0.413. The smallest absolute Gasteiger partial charge is 0.117 e. The minimum Gasteiger partial charge on any atom is -0.385 e. The maximum absolute atomic E-state index is 5.83. The van der Waals surface area contributed by atoms with Gasteiger partial charge in [-0.1, -0.05) is 74.8 Å². The normalized spacial score (nSPS) is 11.4. The molecule has 0 amide bonds. The second kappa shape index (κ2) is 14.3. The van der Waals surface area contributed by atoms with Crippen LogP contribution in [0.3, 0.4) is 0 Å². The van der Waals surface area contributed by atoms with Gasteiger partial charge in [-0.3, -0.25) is 0 Å². The minimum atomic E-state index is -0.683. The molecule has 1 radical (unpaired) electrons. The zero-order valence-electron chi connectivity index (χ0n) is 16.7. The van der Waals surface area contributed by atoms with Gasteiger partial charge in [0, 0.05) is 12.8 Å². The van der Waals surface area contributed by atoms with E-state index in [1.165, 1.54) is 68.5 Å². The summed E-state index contributed by atoms with van der Waals surface area (Å²) >= 11 is 0. The van der Waals surface area contributed by atoms with Crippen molar-refractivity contribution in [2.75, 3.05) is 32.5 Å². The van der Waals surface area contributed by atoms with E-state index in [1.54, 1.807) is 0 Å². The first-order valence-electron chi connectivity index (χ1n) is 10.1. The van der Waals surface area contributed by atoms with E-state index in [9.17, 15) is 0 Å². The van der Waals surface area contributed by atoms with Gasteiger partial charge in [0.15, 0.2) is 0 Å². The summed E-state index contributed by atoms with van der Waals surface area (Å²) in [6.45, 7) is 15.2. The van der Waals surface area contributed by atoms with Crippen molar-refractivity contribution in [3.8, 4) is 0 Å². The second-order valence-corrected chi connectivity index (χ2v) is 9.22. The maximum Gasteiger partial charge on any atom is 0.117 e. The largest absolute Gasteiger partial charge is 0.385 e. The van der Waals surface area contributed by atoms with Gasteiger partial charge < -0.3 is 9.64 Å². The van der Waals surface area contributed by atoms with Crippen molar-refractivity contribution in [2.45, 2.75) is 58.9 Å². The van der Waals surface area contributed by atoms with Gasteiger partial charge >= 0.3 is 0 Å². The number of benzene rings is 1. The molecule has 0 N–H and O–H groups in total. The van der Waals surface area contributed by atoms with Crippen molar-refractivity contribution in [2.24, 2.45) is 0 Å². The standard InChI is InChI=1S/C22H38NOSi/c1-5-9-16-23(17-10-6-2)18-13-19-25(20-24-8-4)22-15-12-11-14-21(22)7-3/h7,11-12,14-15H,3,5-6,8-10,13,16-20H2,1-2,4H3. The molecule has 0 heterocycles. The van der Waals surface area contributed by atoms with Crippen LogP contribution in [0.4, 0.5) is 0 Å². The van der Waals surface area contributed by atoms with Gasteiger partial charge in [-0.15, -0.1) is 0 Å². The predicted octanol–water partition coefficient (Wildman–Crippen LogP) is 4.90. The van der Waals surface area contributed by atoms with Gasteiger partial charge in [0.25, 0.3) is 0 Å². The molecule has 0 saturated carbocycles. The van der Waals surface area contributed by atoms with Gasteiger partial charge in [0.2, 0.25) is 0 Å². The Balaban J connectivity index is 2.63. The summed E-state index contributed by atoms with van der Waals surface area (Å²) in [5, 5.41) is 1.49. The molecule has 0 aliphatic heterocycles. The topological polar surface area (TPSA) is 12.5 Å². The molecule has 1 aromatic rings. The minimum absolute atomic E-state index is 0.683. The molecule has 0 atom stereocenters. The van der Waals surface area contributed by atoms with Crippen LogP contribution in [-0.2, 0) is 4.74 Å². The Hall–Kier alpha value is -0.903. The number of hydrogen-bond donors (Lipinski definition) is 0. The third-order valence-electron chi connectivity index (χ3n) is 4.65. The van der Waals surface area contributed by atoms with Crippen molar-refractivity contribution in [1.82, 2.24) is 4.90 Å². The Labute approximate surface area is 157 Å². The summed E-state index contributed by atoms with van der Waals surface area (Å²) in [6.07, 6.45) is 9.40. The first kappa shape index (κ1) is 22.1. The molecule has 0 aromatic heterocycles. The lowest BCUT2D eigenvalue weighted by Gasteiger charge is -2.23. The average Bonchev–Trinajstić information content (AvgIpc) is 2.66. The van der Waals surface area contributed by atoms with E-state index in [2.05, 4.69) is 56.5 Å². The van der Waals surface area contributed by atoms with Crippen molar-refractivity contribution in [3.05, 3.63) is 36.4 Å². The molecule has 25 heavy (non-hydrogen) atoms. The van der Waals surface area contributed by atoms with E-state index in [4.69, 9.17) is 4.74 Å². The number of nitrogens with zero attached hydrogens (tertiary/aromatic N) is 1. The maximum atomic E-state index is 5.83. The van der Waals surface area contributed by atoms with Gasteiger partial charge in [0.1, 0.15) is 8.80 Å². The first-order chi connectivity index (χ1) is 12.3. The molecule has 0 unspecified atom stereocenters. The number of rotatable bonds is 15. The Kier molecular flexibility index (Phi) is 12.7. The molecule has 0 bridgehead atoms. The van der Waals surface area contributed by atoms with Crippen LogP contribution in [0.25, 0.3) is 6.08 Å². The average molecular weight is 361 g/mol. The van der Waals surface area contributed by atoms with E-state index in [0.717, 1.165) is 12.8 Å². The highest BCUT2D eigenvalue weighted by Crippen LogP contribution is 2.08. The highest BCUT2D eigenvalue weighted by molar-refractivity contribution is 6.73. The van der Waals surface area contributed by atoms with E-state index in [1.807, 2.05) is 6.08 Å². The second-order valence-electron chi connectivity index (χ2n) is 6.68. The molecule has 1 rings (SSSR count). The van der Waals surface area contributed by atoms with Crippen LogP contribution < -0.4 is 5.19 Å². The molecule has 1 aromatic carbocycles. The summed E-state index contributed by atoms with van der Waals surface area (Å²) in [7, 11) is -0.683. The predicted molar refractivity (Wildman–Crippen MR) is 114 cm³/mol. The number of ether oxygens (including phenoxy) is 1. The molecule has 2 nitrogen and oxygen atoms in total. The molecule has 3 heteroatoms. The molecule has 0 saturated heterocycles. The van der Waals surface area contributed by atoms with Crippen LogP contribution in [0.1, 0.15) is 58.4 Å². The lowest BCUT2D eigenvalue weighted by atomic mass is 10.2. The number of unbranched alkanes of at least 4 members (excludes halogenated alkanes) is 2. The highest BCUT2D eigenvalue weighted by Gasteiger charge is 2.17. The van der Waals surface area contributed by atoms with Gasteiger partial charge in [0.05, 0.1) is 0 Å². The van der Waals surface area contributed by atoms with E-state index < -0.39 is 8.80 Å². The van der Waals surface area contributed by atoms with Crippen LogP contribution in [0, 0.1) is 0 Å². The van der Waals surface area contributed by atoms with Crippen LogP contribution >= 0.6 is 0 Å². The Morgan fingerprint density at radius 3 is 2.24 bits per heavy atom. The first-order valence-corrected chi connectivity index (χ1v) is 12.0. The molecule has 0 aliphatic rings. The lowest BCUT2D eigenvalue weighted by Crippen LogP contribution is -2.38. The molecular weight excluding hydrogens is 322 g/mol. The van der Waals surface area contributed by atoms with E-state index >= 15 is 0 Å². The summed E-state index contributed by atoms with van der Waals surface area (Å²) in [4.78, 5) is 2.67.